The van der Waals surface area contributed by atoms with Gasteiger partial charge in [0.05, 0.1) is 0 Å². The topological polar surface area (TPSA) is 6.48 Å². The van der Waals surface area contributed by atoms with Gasteiger partial charge in [-0.3, -0.25) is 0 Å². The van der Waals surface area contributed by atoms with Crippen LogP contribution in [0.2, 0.25) is 0 Å². The van der Waals surface area contributed by atoms with Gasteiger partial charge in [-0.25, -0.2) is 0 Å². The van der Waals surface area contributed by atoms with Gasteiger partial charge in [0.1, 0.15) is 0 Å². The molecule has 0 aromatic heterocycles. The smallest absolute Gasteiger partial charge is 0.502 e. The zero-order valence-corrected chi connectivity index (χ0v) is 13.6. The van der Waals surface area contributed by atoms with Crippen LogP contribution >= 0.6 is 0 Å². The summed E-state index contributed by atoms with van der Waals surface area (Å²) in [4.78, 5) is 4.67. The minimum Gasteiger partial charge on any atom is -0.502 e. The number of rotatable bonds is 2. The molecular weight excluding hydrogens is 333 g/mol. The van der Waals surface area contributed by atoms with Gasteiger partial charge in [-0.1, -0.05) is 36.4 Å². The summed E-state index contributed by atoms with van der Waals surface area (Å²) in [5, 5.41) is 0. The molecule has 1 aliphatic heterocycles. The molecule has 3 heteroatoms. The normalized spacial score (nSPS) is 14.3. The van der Waals surface area contributed by atoms with Crippen molar-refractivity contribution in [3.8, 4) is 0 Å². The van der Waals surface area contributed by atoms with E-state index < -0.39 is 0 Å². The summed E-state index contributed by atoms with van der Waals surface area (Å²) in [5.74, 6) is 0. The minimum atomic E-state index is 0. The molecule has 1 fully saturated rings. The van der Waals surface area contributed by atoms with E-state index in [2.05, 4.69) is 78.8 Å². The average Bonchev–Trinajstić information content (AvgIpc) is 2.89. The molecule has 1 radical (unpaired) electrons. The zero-order valence-electron chi connectivity index (χ0n) is 11.9. The largest absolute Gasteiger partial charge is 1.00 e. The Labute approximate surface area is 134 Å². The Morgan fingerprint density at radius 3 is 1.55 bits per heavy atom. The molecule has 105 valence electrons. The fourth-order valence-corrected chi connectivity index (χ4v) is 2.64. The number of nitrogens with zero attached hydrogens (tertiary/aromatic N) is 2. The standard InChI is InChI=1S/C17H19N2.Ru/c1-14-7-3-5-9-16(14)18-11-12-19(13-18)17-10-6-4-8-15(17)2;/h3-10,13H,11-12H2,1-2H3;/q-1;+1. The first-order valence-electron chi connectivity index (χ1n) is 6.75. The summed E-state index contributed by atoms with van der Waals surface area (Å²) in [6.45, 7) is 8.64. The number of aryl methyl sites for hydroxylation is 2. The maximum Gasteiger partial charge on any atom is 1.00 e. The number of hydrogen-bond donors (Lipinski definition) is 0. The van der Waals surface area contributed by atoms with E-state index in [0.717, 1.165) is 13.1 Å². The molecule has 2 aromatic carbocycles. The fourth-order valence-electron chi connectivity index (χ4n) is 2.64. The summed E-state index contributed by atoms with van der Waals surface area (Å²) in [7, 11) is 0. The van der Waals surface area contributed by atoms with Gasteiger partial charge in [0, 0.05) is 24.5 Å². The molecule has 3 rings (SSSR count). The van der Waals surface area contributed by atoms with E-state index >= 15 is 0 Å². The van der Waals surface area contributed by atoms with Crippen molar-refractivity contribution >= 4 is 11.4 Å². The van der Waals surface area contributed by atoms with Crippen molar-refractivity contribution in [1.82, 2.24) is 0 Å². The van der Waals surface area contributed by atoms with Gasteiger partial charge in [-0.05, 0) is 37.1 Å². The van der Waals surface area contributed by atoms with Crippen molar-refractivity contribution in [2.75, 3.05) is 22.9 Å². The van der Waals surface area contributed by atoms with Gasteiger partial charge in [0.25, 0.3) is 0 Å². The van der Waals surface area contributed by atoms with Crippen LogP contribution in [0.4, 0.5) is 11.4 Å². The van der Waals surface area contributed by atoms with Gasteiger partial charge >= 0.3 is 19.5 Å². The van der Waals surface area contributed by atoms with Crippen LogP contribution in [0, 0.1) is 20.5 Å². The third-order valence-corrected chi connectivity index (χ3v) is 3.71. The Hall–Kier alpha value is -1.34. The van der Waals surface area contributed by atoms with Crippen LogP contribution < -0.4 is 9.80 Å². The van der Waals surface area contributed by atoms with Crippen LogP contribution in [0.25, 0.3) is 0 Å². The second-order valence-corrected chi connectivity index (χ2v) is 5.08. The Bertz CT molecular complexity index is 531. The molecule has 0 saturated carbocycles. The van der Waals surface area contributed by atoms with Crippen molar-refractivity contribution in [3.63, 3.8) is 0 Å². The van der Waals surface area contributed by atoms with E-state index in [4.69, 9.17) is 0 Å². The van der Waals surface area contributed by atoms with E-state index in [9.17, 15) is 0 Å². The summed E-state index contributed by atoms with van der Waals surface area (Å²) >= 11 is 0. The summed E-state index contributed by atoms with van der Waals surface area (Å²) in [5.41, 5.74) is 5.26. The predicted molar refractivity (Wildman–Crippen MR) is 81.4 cm³/mol. The predicted octanol–water partition coefficient (Wildman–Crippen LogP) is 3.75. The van der Waals surface area contributed by atoms with E-state index in [1.807, 2.05) is 0 Å². The molecule has 2 aromatic rings. The molecule has 0 spiro atoms. The van der Waals surface area contributed by atoms with Crippen molar-refractivity contribution in [3.05, 3.63) is 66.3 Å². The zero-order chi connectivity index (χ0) is 13.2. The molecule has 0 bridgehead atoms. The molecule has 0 aliphatic carbocycles. The molecule has 0 N–H and O–H groups in total. The molecule has 0 atom stereocenters. The Balaban J connectivity index is 0.00000147. The van der Waals surface area contributed by atoms with Gasteiger partial charge in [-0.15, -0.1) is 0 Å². The first kappa shape index (κ1) is 15.1. The molecule has 2 nitrogen and oxygen atoms in total. The molecule has 0 amide bonds. The Morgan fingerprint density at radius 1 is 0.750 bits per heavy atom. The van der Waals surface area contributed by atoms with Crippen molar-refractivity contribution in [2.24, 2.45) is 0 Å². The maximum absolute atomic E-state index is 2.34. The van der Waals surface area contributed by atoms with Gasteiger partial charge in [-0.2, -0.15) is 6.67 Å². The molecule has 1 heterocycles. The molecule has 20 heavy (non-hydrogen) atoms. The van der Waals surface area contributed by atoms with E-state index in [0.29, 0.717) is 0 Å². The minimum absolute atomic E-state index is 0. The summed E-state index contributed by atoms with van der Waals surface area (Å²) in [6, 6.07) is 17.1. The average molecular weight is 352 g/mol. The quantitative estimate of drug-likeness (QED) is 0.600. The third-order valence-electron chi connectivity index (χ3n) is 3.71. The van der Waals surface area contributed by atoms with Crippen molar-refractivity contribution < 1.29 is 19.5 Å². The van der Waals surface area contributed by atoms with E-state index in [-0.39, 0.29) is 19.5 Å². The van der Waals surface area contributed by atoms with E-state index in [1.165, 1.54) is 22.5 Å². The maximum atomic E-state index is 2.34. The first-order chi connectivity index (χ1) is 9.25. The SMILES string of the molecule is Cc1ccccc1N1[CH-]N(c2ccccc2C)CC1.[Ru+]. The van der Waals surface area contributed by atoms with Gasteiger partial charge in [0.15, 0.2) is 0 Å². The molecular formula is C17H19N2Ru. The van der Waals surface area contributed by atoms with Crippen molar-refractivity contribution in [2.45, 2.75) is 13.8 Å². The Morgan fingerprint density at radius 2 is 1.15 bits per heavy atom. The monoisotopic (exact) mass is 353 g/mol. The van der Waals surface area contributed by atoms with Crippen LogP contribution in [-0.2, 0) is 19.5 Å². The second kappa shape index (κ2) is 6.41. The first-order valence-corrected chi connectivity index (χ1v) is 6.75. The summed E-state index contributed by atoms with van der Waals surface area (Å²) < 4.78 is 0. The van der Waals surface area contributed by atoms with Crippen LogP contribution in [0.15, 0.2) is 48.5 Å². The molecule has 1 saturated heterocycles. The molecule has 0 unspecified atom stereocenters. The van der Waals surface area contributed by atoms with Crippen LogP contribution in [0.1, 0.15) is 11.1 Å². The summed E-state index contributed by atoms with van der Waals surface area (Å²) in [6.07, 6.45) is 0. The number of para-hydroxylation sites is 2. The number of anilines is 2. The van der Waals surface area contributed by atoms with E-state index in [1.54, 1.807) is 0 Å². The van der Waals surface area contributed by atoms with Crippen LogP contribution in [0.3, 0.4) is 0 Å². The molecule has 1 aliphatic rings. The number of hydrogen-bond acceptors (Lipinski definition) is 2. The van der Waals surface area contributed by atoms with Crippen LogP contribution in [-0.4, -0.2) is 13.1 Å². The number of benzene rings is 2. The third kappa shape index (κ3) is 2.88. The Kier molecular flexibility index (Phi) is 4.83. The van der Waals surface area contributed by atoms with Gasteiger partial charge < -0.3 is 9.80 Å². The van der Waals surface area contributed by atoms with Gasteiger partial charge in [0.2, 0.25) is 0 Å². The van der Waals surface area contributed by atoms with Crippen LogP contribution in [0.5, 0.6) is 0 Å². The second-order valence-electron chi connectivity index (χ2n) is 5.08. The fraction of sp³-hybridized carbons (Fsp3) is 0.235. The van der Waals surface area contributed by atoms with Crippen molar-refractivity contribution in [1.29, 1.82) is 0 Å².